The van der Waals surface area contributed by atoms with Crippen LogP contribution in [0, 0.1) is 12.3 Å². The summed E-state index contributed by atoms with van der Waals surface area (Å²) in [5, 5.41) is 3.25. The standard InChI is InChI=1S/C12H20F3NO/c1-3-5-6-11(16-8-4-2)7-9-17-10-12(13,14)15/h1,11,16H,4-10H2,2H3. The average molecular weight is 251 g/mol. The summed E-state index contributed by atoms with van der Waals surface area (Å²) in [6.45, 7) is 1.80. The van der Waals surface area contributed by atoms with E-state index in [0.29, 0.717) is 12.8 Å². The van der Waals surface area contributed by atoms with Crippen LogP contribution in [-0.2, 0) is 4.74 Å². The lowest BCUT2D eigenvalue weighted by Gasteiger charge is -2.17. The Hall–Kier alpha value is -0.730. The van der Waals surface area contributed by atoms with Gasteiger partial charge in [-0.25, -0.2) is 0 Å². The molecule has 0 spiro atoms. The van der Waals surface area contributed by atoms with Crippen molar-refractivity contribution in [3.8, 4) is 12.3 Å². The highest BCUT2D eigenvalue weighted by molar-refractivity contribution is 4.85. The van der Waals surface area contributed by atoms with Crippen molar-refractivity contribution in [2.75, 3.05) is 19.8 Å². The number of terminal acetylenes is 1. The van der Waals surface area contributed by atoms with E-state index in [1.54, 1.807) is 0 Å². The van der Waals surface area contributed by atoms with Crippen molar-refractivity contribution in [1.82, 2.24) is 5.32 Å². The Morgan fingerprint density at radius 3 is 2.59 bits per heavy atom. The van der Waals surface area contributed by atoms with E-state index in [-0.39, 0.29) is 12.6 Å². The van der Waals surface area contributed by atoms with E-state index in [2.05, 4.69) is 16.0 Å². The Bertz CT molecular complexity index is 223. The van der Waals surface area contributed by atoms with Gasteiger partial charge in [-0.15, -0.1) is 12.3 Å². The van der Waals surface area contributed by atoms with E-state index < -0.39 is 12.8 Å². The quantitative estimate of drug-likeness (QED) is 0.502. The van der Waals surface area contributed by atoms with Crippen molar-refractivity contribution >= 4 is 0 Å². The van der Waals surface area contributed by atoms with Crippen LogP contribution < -0.4 is 5.32 Å². The van der Waals surface area contributed by atoms with Gasteiger partial charge in [-0.05, 0) is 25.8 Å². The SMILES string of the molecule is C#CCCC(CCOCC(F)(F)F)NCCC. The van der Waals surface area contributed by atoms with Crippen LogP contribution in [0.15, 0.2) is 0 Å². The summed E-state index contributed by atoms with van der Waals surface area (Å²) >= 11 is 0. The van der Waals surface area contributed by atoms with Crippen LogP contribution in [0.4, 0.5) is 13.2 Å². The molecule has 100 valence electrons. The van der Waals surface area contributed by atoms with E-state index in [4.69, 9.17) is 6.42 Å². The maximum absolute atomic E-state index is 11.8. The topological polar surface area (TPSA) is 21.3 Å². The zero-order valence-corrected chi connectivity index (χ0v) is 10.1. The van der Waals surface area contributed by atoms with Crippen LogP contribution >= 0.6 is 0 Å². The van der Waals surface area contributed by atoms with Crippen molar-refractivity contribution in [2.24, 2.45) is 0 Å². The van der Waals surface area contributed by atoms with Crippen LogP contribution in [0.3, 0.4) is 0 Å². The first kappa shape index (κ1) is 16.3. The first-order chi connectivity index (χ1) is 7.99. The highest BCUT2D eigenvalue weighted by atomic mass is 19.4. The van der Waals surface area contributed by atoms with Gasteiger partial charge in [0.25, 0.3) is 0 Å². The number of nitrogens with one attached hydrogen (secondary N) is 1. The number of halogens is 3. The molecule has 1 N–H and O–H groups in total. The van der Waals surface area contributed by atoms with Crippen LogP contribution in [0.2, 0.25) is 0 Å². The third-order valence-corrected chi connectivity index (χ3v) is 2.20. The fourth-order valence-electron chi connectivity index (χ4n) is 1.37. The molecule has 0 aliphatic rings. The highest BCUT2D eigenvalue weighted by Gasteiger charge is 2.27. The van der Waals surface area contributed by atoms with Crippen LogP contribution in [0.5, 0.6) is 0 Å². The van der Waals surface area contributed by atoms with Crippen molar-refractivity contribution < 1.29 is 17.9 Å². The van der Waals surface area contributed by atoms with E-state index in [9.17, 15) is 13.2 Å². The summed E-state index contributed by atoms with van der Waals surface area (Å²) in [7, 11) is 0. The lowest BCUT2D eigenvalue weighted by molar-refractivity contribution is -0.174. The second-order valence-electron chi connectivity index (χ2n) is 3.85. The molecule has 1 unspecified atom stereocenters. The molecule has 5 heteroatoms. The Morgan fingerprint density at radius 1 is 1.35 bits per heavy atom. The van der Waals surface area contributed by atoms with E-state index in [1.807, 2.05) is 6.92 Å². The van der Waals surface area contributed by atoms with Crippen molar-refractivity contribution in [3.05, 3.63) is 0 Å². The Morgan fingerprint density at radius 2 is 2.06 bits per heavy atom. The molecule has 0 aromatic carbocycles. The van der Waals surface area contributed by atoms with E-state index >= 15 is 0 Å². The molecule has 1 atom stereocenters. The summed E-state index contributed by atoms with van der Waals surface area (Å²) in [6.07, 6.45) is 3.85. The fourth-order valence-corrected chi connectivity index (χ4v) is 1.37. The number of hydrogen-bond acceptors (Lipinski definition) is 2. The van der Waals surface area contributed by atoms with Crippen molar-refractivity contribution in [1.29, 1.82) is 0 Å². The van der Waals surface area contributed by atoms with Crippen molar-refractivity contribution in [2.45, 2.75) is 44.8 Å². The minimum Gasteiger partial charge on any atom is -0.372 e. The number of hydrogen-bond donors (Lipinski definition) is 1. The Kier molecular flexibility index (Phi) is 8.92. The zero-order chi connectivity index (χ0) is 13.1. The lowest BCUT2D eigenvalue weighted by atomic mass is 10.1. The second-order valence-corrected chi connectivity index (χ2v) is 3.85. The van der Waals surface area contributed by atoms with Gasteiger partial charge in [0.2, 0.25) is 0 Å². The fraction of sp³-hybridized carbons (Fsp3) is 0.833. The average Bonchev–Trinajstić information content (AvgIpc) is 2.25. The van der Waals surface area contributed by atoms with Crippen LogP contribution in [-0.4, -0.2) is 32.0 Å². The molecular weight excluding hydrogens is 231 g/mol. The smallest absolute Gasteiger partial charge is 0.372 e. The molecule has 0 heterocycles. The van der Waals surface area contributed by atoms with Gasteiger partial charge in [0.05, 0.1) is 0 Å². The van der Waals surface area contributed by atoms with Crippen LogP contribution in [0.1, 0.15) is 32.6 Å². The monoisotopic (exact) mass is 251 g/mol. The highest BCUT2D eigenvalue weighted by Crippen LogP contribution is 2.14. The molecule has 0 aromatic heterocycles. The van der Waals surface area contributed by atoms with Crippen LogP contribution in [0.25, 0.3) is 0 Å². The van der Waals surface area contributed by atoms with Gasteiger partial charge < -0.3 is 10.1 Å². The molecule has 0 radical (unpaired) electrons. The molecule has 0 bridgehead atoms. The molecule has 0 amide bonds. The first-order valence-electron chi connectivity index (χ1n) is 5.81. The third kappa shape index (κ3) is 11.5. The Labute approximate surface area is 101 Å². The third-order valence-electron chi connectivity index (χ3n) is 2.20. The van der Waals surface area contributed by atoms with Gasteiger partial charge in [-0.1, -0.05) is 6.92 Å². The minimum absolute atomic E-state index is 0.103. The number of rotatable bonds is 9. The second kappa shape index (κ2) is 9.32. The summed E-state index contributed by atoms with van der Waals surface area (Å²) in [5.41, 5.74) is 0. The van der Waals surface area contributed by atoms with Gasteiger partial charge >= 0.3 is 6.18 Å². The maximum atomic E-state index is 11.8. The molecule has 2 nitrogen and oxygen atoms in total. The predicted molar refractivity (Wildman–Crippen MR) is 61.6 cm³/mol. The summed E-state index contributed by atoms with van der Waals surface area (Å²) in [4.78, 5) is 0. The summed E-state index contributed by atoms with van der Waals surface area (Å²) < 4.78 is 40.0. The molecule has 0 aliphatic heterocycles. The van der Waals surface area contributed by atoms with Gasteiger partial charge in [0.15, 0.2) is 0 Å². The molecule has 17 heavy (non-hydrogen) atoms. The maximum Gasteiger partial charge on any atom is 0.411 e. The number of ether oxygens (including phenoxy) is 1. The van der Waals surface area contributed by atoms with Gasteiger partial charge in [0.1, 0.15) is 6.61 Å². The van der Waals surface area contributed by atoms with E-state index in [1.165, 1.54) is 0 Å². The predicted octanol–water partition coefficient (Wildman–Crippen LogP) is 2.74. The van der Waals surface area contributed by atoms with Gasteiger partial charge in [0, 0.05) is 19.1 Å². The molecule has 0 saturated carbocycles. The summed E-state index contributed by atoms with van der Waals surface area (Å²) in [6, 6.07) is 0.138. The molecular formula is C12H20F3NO. The first-order valence-corrected chi connectivity index (χ1v) is 5.81. The van der Waals surface area contributed by atoms with Gasteiger partial charge in [-0.3, -0.25) is 0 Å². The number of alkyl halides is 3. The normalized spacial score (nSPS) is 13.4. The largest absolute Gasteiger partial charge is 0.411 e. The molecule has 0 aromatic rings. The molecule has 0 saturated heterocycles. The Balaban J connectivity index is 3.71. The molecule has 0 rings (SSSR count). The van der Waals surface area contributed by atoms with Crippen molar-refractivity contribution in [3.63, 3.8) is 0 Å². The molecule has 0 fully saturated rings. The molecule has 0 aliphatic carbocycles. The van der Waals surface area contributed by atoms with E-state index in [0.717, 1.165) is 19.4 Å². The summed E-state index contributed by atoms with van der Waals surface area (Å²) in [5.74, 6) is 2.53. The zero-order valence-electron chi connectivity index (χ0n) is 10.1. The lowest BCUT2D eigenvalue weighted by Crippen LogP contribution is -2.31. The van der Waals surface area contributed by atoms with Gasteiger partial charge in [-0.2, -0.15) is 13.2 Å². The minimum atomic E-state index is -4.24.